The smallest absolute Gasteiger partial charge is 0.323 e. The first-order valence-electron chi connectivity index (χ1n) is 12.3. The molecule has 2 heterocycles. The van der Waals surface area contributed by atoms with Crippen LogP contribution in [-0.2, 0) is 19.6 Å². The van der Waals surface area contributed by atoms with Crippen molar-refractivity contribution in [1.82, 2.24) is 14.5 Å². The summed E-state index contributed by atoms with van der Waals surface area (Å²) in [6.45, 7) is 3.89. The van der Waals surface area contributed by atoms with Crippen LogP contribution in [0, 0.1) is 13.8 Å². The number of carbonyl (C=O) groups excluding carboxylic acids is 2. The van der Waals surface area contributed by atoms with Crippen LogP contribution in [0.5, 0.6) is 0 Å². The van der Waals surface area contributed by atoms with Crippen LogP contribution in [0.25, 0.3) is 0 Å². The van der Waals surface area contributed by atoms with Gasteiger partial charge in [-0.25, -0.2) is 13.2 Å². The van der Waals surface area contributed by atoms with E-state index in [9.17, 15) is 27.9 Å². The Hall–Kier alpha value is -3.74. The Balaban J connectivity index is 1.70. The molecule has 1 saturated heterocycles. The minimum Gasteiger partial charge on any atom is -0.481 e. The molecule has 1 fully saturated rings. The van der Waals surface area contributed by atoms with Gasteiger partial charge in [-0.1, -0.05) is 53.6 Å². The number of thiophene rings is 1. The third kappa shape index (κ3) is 6.64. The van der Waals surface area contributed by atoms with Crippen LogP contribution in [0.15, 0.2) is 70.3 Å². The zero-order valence-corrected chi connectivity index (χ0v) is 23.2. The molecule has 10 nitrogen and oxygen atoms in total. The van der Waals surface area contributed by atoms with Gasteiger partial charge in [0, 0.05) is 18.8 Å². The fraction of sp³-hybridized carbons (Fsp3) is 0.296. The van der Waals surface area contributed by atoms with Gasteiger partial charge in [0.25, 0.3) is 15.9 Å². The summed E-state index contributed by atoms with van der Waals surface area (Å²) in [6, 6.07) is 15.6. The number of carboxylic acids is 1. The van der Waals surface area contributed by atoms with Gasteiger partial charge in [0.1, 0.15) is 4.21 Å². The van der Waals surface area contributed by atoms with Crippen molar-refractivity contribution in [3.63, 3.8) is 0 Å². The average Bonchev–Trinajstić information content (AvgIpc) is 3.45. The summed E-state index contributed by atoms with van der Waals surface area (Å²) in [5.41, 5.74) is 2.92. The third-order valence-electron chi connectivity index (χ3n) is 6.34. The zero-order valence-electron chi connectivity index (χ0n) is 21.5. The Labute approximate surface area is 231 Å². The van der Waals surface area contributed by atoms with Crippen LogP contribution in [0.3, 0.4) is 0 Å². The monoisotopic (exact) mass is 570 g/mol. The van der Waals surface area contributed by atoms with Crippen molar-refractivity contribution in [2.24, 2.45) is 0 Å². The average molecular weight is 571 g/mol. The van der Waals surface area contributed by atoms with Crippen LogP contribution < -0.4 is 10.6 Å². The molecular weight excluding hydrogens is 540 g/mol. The lowest BCUT2D eigenvalue weighted by Gasteiger charge is -2.41. The molecule has 206 valence electrons. The molecule has 0 saturated carbocycles. The molecule has 0 radical (unpaired) electrons. The largest absolute Gasteiger partial charge is 0.481 e. The number of rotatable bonds is 8. The molecule has 12 heteroatoms. The summed E-state index contributed by atoms with van der Waals surface area (Å²) in [5.74, 6) is -1.93. The Morgan fingerprint density at radius 3 is 2.41 bits per heavy atom. The highest BCUT2D eigenvalue weighted by Crippen LogP contribution is 2.29. The normalized spacial score (nSPS) is 16.9. The molecule has 0 bridgehead atoms. The molecule has 2 aromatic carbocycles. The number of anilines is 1. The number of carboxylic acid groups (broad SMARTS) is 1. The van der Waals surface area contributed by atoms with Crippen molar-refractivity contribution in [1.29, 1.82) is 0 Å². The number of carbonyl (C=O) groups is 3. The SMILES string of the molecule is Cc1ccc(NC(=O)N2CCCN(S(=O)(=O)c3cccs3)C2C(=O)NC(CC(=O)O)c2cccc(C)c2)cc1. The van der Waals surface area contributed by atoms with Crippen molar-refractivity contribution < 1.29 is 27.9 Å². The predicted octanol–water partition coefficient (Wildman–Crippen LogP) is 3.95. The molecule has 1 aliphatic heterocycles. The van der Waals surface area contributed by atoms with E-state index in [1.165, 1.54) is 11.0 Å². The van der Waals surface area contributed by atoms with E-state index in [2.05, 4.69) is 10.6 Å². The van der Waals surface area contributed by atoms with Gasteiger partial charge in [0.2, 0.25) is 0 Å². The summed E-state index contributed by atoms with van der Waals surface area (Å²) in [6.07, 6.45) is -1.64. The van der Waals surface area contributed by atoms with Gasteiger partial charge in [-0.15, -0.1) is 11.3 Å². The lowest BCUT2D eigenvalue weighted by Crippen LogP contribution is -2.64. The van der Waals surface area contributed by atoms with Crippen molar-refractivity contribution in [2.75, 3.05) is 18.4 Å². The summed E-state index contributed by atoms with van der Waals surface area (Å²) in [5, 5.41) is 16.6. The first-order valence-corrected chi connectivity index (χ1v) is 14.7. The number of hydrogen-bond donors (Lipinski definition) is 3. The molecule has 1 aromatic heterocycles. The fourth-order valence-corrected chi connectivity index (χ4v) is 7.16. The minimum absolute atomic E-state index is 0.0146. The molecule has 3 amide bonds. The third-order valence-corrected chi connectivity index (χ3v) is 9.57. The summed E-state index contributed by atoms with van der Waals surface area (Å²) in [7, 11) is -4.13. The maximum atomic E-state index is 13.9. The van der Waals surface area contributed by atoms with Crippen LogP contribution in [0.1, 0.15) is 35.6 Å². The van der Waals surface area contributed by atoms with E-state index in [1.54, 1.807) is 41.8 Å². The van der Waals surface area contributed by atoms with Crippen molar-refractivity contribution in [3.05, 3.63) is 82.7 Å². The van der Waals surface area contributed by atoms with E-state index in [0.29, 0.717) is 17.7 Å². The standard InChI is InChI=1S/C27H30N4O6S2/c1-18-9-11-21(12-10-18)28-27(35)30-13-5-14-31(39(36,37)24-8-4-15-38-24)26(30)25(34)29-22(17-23(32)33)20-7-3-6-19(2)16-20/h3-4,6-12,15-16,22,26H,5,13-14,17H2,1-2H3,(H,28,35)(H,29,34)(H,32,33). The highest BCUT2D eigenvalue weighted by Gasteiger charge is 2.45. The Kier molecular flexibility index (Phi) is 8.68. The highest BCUT2D eigenvalue weighted by molar-refractivity contribution is 7.91. The molecule has 3 aromatic rings. The number of urea groups is 1. The Bertz CT molecular complexity index is 1440. The highest BCUT2D eigenvalue weighted by atomic mass is 32.2. The first kappa shape index (κ1) is 28.3. The van der Waals surface area contributed by atoms with Crippen LogP contribution in [0.4, 0.5) is 10.5 Å². The van der Waals surface area contributed by atoms with Gasteiger partial charge < -0.3 is 15.7 Å². The number of benzene rings is 2. The summed E-state index contributed by atoms with van der Waals surface area (Å²) >= 11 is 1.01. The minimum atomic E-state index is -4.13. The van der Waals surface area contributed by atoms with Crippen LogP contribution in [0.2, 0.25) is 0 Å². The van der Waals surface area contributed by atoms with Gasteiger partial charge in [0.05, 0.1) is 12.5 Å². The van der Waals surface area contributed by atoms with E-state index in [4.69, 9.17) is 0 Å². The molecule has 2 unspecified atom stereocenters. The topological polar surface area (TPSA) is 136 Å². The lowest BCUT2D eigenvalue weighted by atomic mass is 10.0. The number of aliphatic carboxylic acids is 1. The quantitative estimate of drug-likeness (QED) is 0.375. The fourth-order valence-electron chi connectivity index (χ4n) is 4.45. The number of nitrogens with one attached hydrogen (secondary N) is 2. The number of hydrogen-bond acceptors (Lipinski definition) is 6. The molecular formula is C27H30N4O6S2. The summed E-state index contributed by atoms with van der Waals surface area (Å²) in [4.78, 5) is 40.1. The number of amides is 3. The maximum Gasteiger partial charge on any atom is 0.323 e. The van der Waals surface area contributed by atoms with Crippen molar-refractivity contribution in [3.8, 4) is 0 Å². The van der Waals surface area contributed by atoms with Crippen molar-refractivity contribution >= 4 is 45.0 Å². The number of nitrogens with zero attached hydrogens (tertiary/aromatic N) is 2. The molecule has 0 aliphatic carbocycles. The molecule has 0 spiro atoms. The van der Waals surface area contributed by atoms with Crippen LogP contribution in [-0.4, -0.2) is 59.9 Å². The maximum absolute atomic E-state index is 13.9. The molecule has 4 rings (SSSR count). The van der Waals surface area contributed by atoms with E-state index < -0.39 is 46.6 Å². The Morgan fingerprint density at radius 1 is 1.03 bits per heavy atom. The predicted molar refractivity (Wildman–Crippen MR) is 148 cm³/mol. The second-order valence-corrected chi connectivity index (χ2v) is 12.4. The molecule has 39 heavy (non-hydrogen) atoms. The van der Waals surface area contributed by atoms with Crippen LogP contribution >= 0.6 is 11.3 Å². The van der Waals surface area contributed by atoms with E-state index in [0.717, 1.165) is 26.8 Å². The lowest BCUT2D eigenvalue weighted by molar-refractivity contribution is -0.138. The zero-order chi connectivity index (χ0) is 28.2. The van der Waals surface area contributed by atoms with Gasteiger partial charge in [-0.2, -0.15) is 4.31 Å². The molecule has 1 aliphatic rings. The van der Waals surface area contributed by atoms with Gasteiger partial charge >= 0.3 is 12.0 Å². The van der Waals surface area contributed by atoms with Crippen molar-refractivity contribution in [2.45, 2.75) is 43.1 Å². The second-order valence-electron chi connectivity index (χ2n) is 9.34. The molecule has 3 N–H and O–H groups in total. The van der Waals surface area contributed by atoms with E-state index in [-0.39, 0.29) is 17.3 Å². The number of aryl methyl sites for hydroxylation is 2. The Morgan fingerprint density at radius 2 is 1.77 bits per heavy atom. The van der Waals surface area contributed by atoms with Gasteiger partial charge in [-0.05, 0) is 49.4 Å². The first-order chi connectivity index (χ1) is 18.6. The van der Waals surface area contributed by atoms with E-state index in [1.807, 2.05) is 32.0 Å². The van der Waals surface area contributed by atoms with Gasteiger partial charge in [0.15, 0.2) is 6.17 Å². The second kappa shape index (κ2) is 12.0. The molecule has 2 atom stereocenters. The van der Waals surface area contributed by atoms with E-state index >= 15 is 0 Å². The van der Waals surface area contributed by atoms with Gasteiger partial charge in [-0.3, -0.25) is 14.5 Å². The number of sulfonamides is 1. The summed E-state index contributed by atoms with van der Waals surface area (Å²) < 4.78 is 28.3.